The maximum atomic E-state index is 9.89. The first-order chi connectivity index (χ1) is 14.6. The Labute approximate surface area is 177 Å². The predicted molar refractivity (Wildman–Crippen MR) is 112 cm³/mol. The van der Waals surface area contributed by atoms with E-state index >= 15 is 0 Å². The van der Waals surface area contributed by atoms with E-state index in [2.05, 4.69) is 16.3 Å². The lowest BCUT2D eigenvalue weighted by molar-refractivity contribution is 0.287. The standard InChI is InChI=1S/C21H20N4O4S/c1-4-28-19-13(26-2)8-11(9-14(19)27-3)16-12(10-22)20(23)29-21-17(16)18(24-25-21)15-6-5-7-30-15/h5-9,16H,4,23H2,1-3H3,(H,24,25). The van der Waals surface area contributed by atoms with Crippen LogP contribution in [0.5, 0.6) is 23.1 Å². The summed E-state index contributed by atoms with van der Waals surface area (Å²) >= 11 is 1.56. The SMILES string of the molecule is CCOc1c(OC)cc(C2C(C#N)=C(N)Oc3n[nH]c(-c4cccs4)c32)cc1OC. The smallest absolute Gasteiger partial charge is 0.244 e. The Morgan fingerprint density at radius 2 is 2.03 bits per heavy atom. The molecule has 1 aliphatic heterocycles. The summed E-state index contributed by atoms with van der Waals surface area (Å²) in [5.41, 5.74) is 8.62. The molecule has 1 aromatic carbocycles. The molecule has 1 atom stereocenters. The van der Waals surface area contributed by atoms with Gasteiger partial charge in [-0.1, -0.05) is 6.07 Å². The highest BCUT2D eigenvalue weighted by Gasteiger charge is 2.37. The van der Waals surface area contributed by atoms with E-state index in [-0.39, 0.29) is 11.5 Å². The Morgan fingerprint density at radius 1 is 1.30 bits per heavy atom. The average molecular weight is 424 g/mol. The molecule has 0 amide bonds. The Bertz CT molecular complexity index is 1120. The molecule has 4 rings (SSSR count). The van der Waals surface area contributed by atoms with Gasteiger partial charge in [0.15, 0.2) is 11.5 Å². The van der Waals surface area contributed by atoms with Crippen LogP contribution >= 0.6 is 11.3 Å². The highest BCUT2D eigenvalue weighted by atomic mass is 32.1. The summed E-state index contributed by atoms with van der Waals surface area (Å²) in [4.78, 5) is 0.972. The number of fused-ring (bicyclic) bond motifs is 1. The van der Waals surface area contributed by atoms with Crippen LogP contribution in [-0.4, -0.2) is 31.0 Å². The largest absolute Gasteiger partial charge is 0.493 e. The third-order valence-corrected chi connectivity index (χ3v) is 5.70. The Balaban J connectivity index is 1.96. The van der Waals surface area contributed by atoms with Crippen molar-refractivity contribution in [3.63, 3.8) is 0 Å². The molecule has 154 valence electrons. The molecule has 3 aromatic rings. The lowest BCUT2D eigenvalue weighted by Gasteiger charge is -2.25. The first kappa shape index (κ1) is 19.7. The van der Waals surface area contributed by atoms with Gasteiger partial charge < -0.3 is 24.7 Å². The van der Waals surface area contributed by atoms with Gasteiger partial charge in [-0.25, -0.2) is 0 Å². The number of nitrogens with two attached hydrogens (primary N) is 1. The molecule has 0 bridgehead atoms. The van der Waals surface area contributed by atoms with Gasteiger partial charge in [0.1, 0.15) is 11.6 Å². The molecule has 1 unspecified atom stereocenters. The molecule has 2 aromatic heterocycles. The summed E-state index contributed by atoms with van der Waals surface area (Å²) in [6.07, 6.45) is 0. The molecule has 0 aliphatic carbocycles. The van der Waals surface area contributed by atoms with Crippen LogP contribution < -0.4 is 24.7 Å². The second-order valence-corrected chi connectivity index (χ2v) is 7.35. The van der Waals surface area contributed by atoms with Gasteiger partial charge in [0.25, 0.3) is 0 Å². The molecule has 0 spiro atoms. The zero-order chi connectivity index (χ0) is 21.3. The molecule has 0 saturated carbocycles. The number of rotatable bonds is 6. The number of aromatic amines is 1. The minimum atomic E-state index is -0.520. The summed E-state index contributed by atoms with van der Waals surface area (Å²) in [6, 6.07) is 9.77. The Hall–Kier alpha value is -3.64. The lowest BCUT2D eigenvalue weighted by Crippen LogP contribution is -2.21. The van der Waals surface area contributed by atoms with Gasteiger partial charge >= 0.3 is 0 Å². The third-order valence-electron chi connectivity index (χ3n) is 4.81. The molecule has 3 heterocycles. The number of H-pyrrole nitrogens is 1. The minimum absolute atomic E-state index is 0.0195. The van der Waals surface area contributed by atoms with E-state index in [0.717, 1.165) is 21.7 Å². The number of methoxy groups -OCH3 is 2. The van der Waals surface area contributed by atoms with Gasteiger partial charge in [-0.2, -0.15) is 5.26 Å². The fourth-order valence-corrected chi connectivity index (χ4v) is 4.27. The fraction of sp³-hybridized carbons (Fsp3) is 0.238. The first-order valence-corrected chi connectivity index (χ1v) is 10.1. The van der Waals surface area contributed by atoms with Crippen LogP contribution in [-0.2, 0) is 0 Å². The summed E-state index contributed by atoms with van der Waals surface area (Å²) in [7, 11) is 3.11. The number of allylic oxidation sites excluding steroid dienone is 1. The van der Waals surface area contributed by atoms with E-state index in [1.54, 1.807) is 25.6 Å². The van der Waals surface area contributed by atoms with Crippen LogP contribution in [0.1, 0.15) is 24.0 Å². The summed E-state index contributed by atoms with van der Waals surface area (Å²) in [6.45, 7) is 2.33. The number of aromatic nitrogens is 2. The average Bonchev–Trinajstić information content (AvgIpc) is 3.42. The third kappa shape index (κ3) is 3.11. The van der Waals surface area contributed by atoms with E-state index in [1.807, 2.05) is 36.6 Å². The summed E-state index contributed by atoms with van der Waals surface area (Å²) in [5.74, 6) is 1.33. The topological polar surface area (TPSA) is 115 Å². The number of thiophene rings is 1. The van der Waals surface area contributed by atoms with Crippen molar-refractivity contribution in [3.05, 3.63) is 52.2 Å². The second kappa shape index (κ2) is 8.00. The molecule has 3 N–H and O–H groups in total. The van der Waals surface area contributed by atoms with Crippen molar-refractivity contribution in [1.29, 1.82) is 5.26 Å². The number of nitriles is 1. The molecule has 8 nitrogen and oxygen atoms in total. The van der Waals surface area contributed by atoms with Crippen molar-refractivity contribution in [2.75, 3.05) is 20.8 Å². The lowest BCUT2D eigenvalue weighted by atomic mass is 9.83. The Kier molecular flexibility index (Phi) is 5.25. The maximum absolute atomic E-state index is 9.89. The molecular formula is C21H20N4O4S. The van der Waals surface area contributed by atoms with Crippen LogP contribution in [0.2, 0.25) is 0 Å². The summed E-state index contributed by atoms with van der Waals surface area (Å²) in [5, 5.41) is 19.2. The number of hydrogen-bond donors (Lipinski definition) is 2. The highest BCUT2D eigenvalue weighted by Crippen LogP contribution is 2.49. The molecule has 1 aliphatic rings. The van der Waals surface area contributed by atoms with Crippen molar-refractivity contribution in [3.8, 4) is 39.8 Å². The van der Waals surface area contributed by atoms with Crippen LogP contribution in [0, 0.1) is 11.3 Å². The van der Waals surface area contributed by atoms with Gasteiger partial charge in [0, 0.05) is 0 Å². The van der Waals surface area contributed by atoms with Crippen LogP contribution in [0.25, 0.3) is 10.6 Å². The van der Waals surface area contributed by atoms with Crippen molar-refractivity contribution in [1.82, 2.24) is 10.2 Å². The van der Waals surface area contributed by atoms with Crippen molar-refractivity contribution in [2.24, 2.45) is 5.73 Å². The first-order valence-electron chi connectivity index (χ1n) is 9.21. The van der Waals surface area contributed by atoms with Crippen molar-refractivity contribution < 1.29 is 18.9 Å². The number of benzene rings is 1. The maximum Gasteiger partial charge on any atom is 0.244 e. The van der Waals surface area contributed by atoms with Gasteiger partial charge in [-0.05, 0) is 36.1 Å². The second-order valence-electron chi connectivity index (χ2n) is 6.41. The quantitative estimate of drug-likeness (QED) is 0.619. The molecule has 0 fully saturated rings. The van der Waals surface area contributed by atoms with Gasteiger partial charge in [0.2, 0.25) is 17.5 Å². The van der Waals surface area contributed by atoms with E-state index < -0.39 is 5.92 Å². The number of nitrogens with zero attached hydrogens (tertiary/aromatic N) is 2. The predicted octanol–water partition coefficient (Wildman–Crippen LogP) is 3.77. The van der Waals surface area contributed by atoms with Crippen LogP contribution in [0.3, 0.4) is 0 Å². The van der Waals surface area contributed by atoms with Crippen LogP contribution in [0.15, 0.2) is 41.1 Å². The fourth-order valence-electron chi connectivity index (χ4n) is 3.54. The Morgan fingerprint density at radius 3 is 2.60 bits per heavy atom. The molecule has 9 heteroatoms. The number of hydrogen-bond acceptors (Lipinski definition) is 8. The van der Waals surface area contributed by atoms with E-state index in [0.29, 0.717) is 29.7 Å². The monoisotopic (exact) mass is 424 g/mol. The van der Waals surface area contributed by atoms with E-state index in [9.17, 15) is 5.26 Å². The van der Waals surface area contributed by atoms with Gasteiger partial charge in [-0.3, -0.25) is 5.10 Å². The van der Waals surface area contributed by atoms with E-state index in [4.69, 9.17) is 24.7 Å². The number of nitrogens with one attached hydrogen (secondary N) is 1. The highest BCUT2D eigenvalue weighted by molar-refractivity contribution is 7.13. The zero-order valence-corrected chi connectivity index (χ0v) is 17.5. The molecular weight excluding hydrogens is 404 g/mol. The molecule has 0 saturated heterocycles. The normalized spacial score (nSPS) is 15.2. The van der Waals surface area contributed by atoms with Gasteiger partial charge in [-0.15, -0.1) is 16.4 Å². The van der Waals surface area contributed by atoms with E-state index in [1.165, 1.54) is 0 Å². The van der Waals surface area contributed by atoms with Crippen LogP contribution in [0.4, 0.5) is 0 Å². The molecule has 30 heavy (non-hydrogen) atoms. The molecule has 0 radical (unpaired) electrons. The van der Waals surface area contributed by atoms with Gasteiger partial charge in [0.05, 0.1) is 42.9 Å². The van der Waals surface area contributed by atoms with Crippen molar-refractivity contribution >= 4 is 11.3 Å². The number of ether oxygens (including phenoxy) is 4. The minimum Gasteiger partial charge on any atom is -0.493 e. The summed E-state index contributed by atoms with van der Waals surface area (Å²) < 4.78 is 22.5. The zero-order valence-electron chi connectivity index (χ0n) is 16.7. The van der Waals surface area contributed by atoms with Crippen molar-refractivity contribution in [2.45, 2.75) is 12.8 Å².